The number of halogens is 5. The summed E-state index contributed by atoms with van der Waals surface area (Å²) in [6.45, 7) is 1.52. The van der Waals surface area contributed by atoms with Crippen LogP contribution in [0.1, 0.15) is 12.6 Å². The van der Waals surface area contributed by atoms with E-state index in [0.29, 0.717) is 10.3 Å². The Morgan fingerprint density at radius 3 is 2.35 bits per heavy atom. The Labute approximate surface area is 110 Å². The van der Waals surface area contributed by atoms with Crippen LogP contribution in [0.25, 0.3) is 0 Å². The molecule has 10 heteroatoms. The van der Waals surface area contributed by atoms with Gasteiger partial charge in [-0.1, -0.05) is 0 Å². The van der Waals surface area contributed by atoms with E-state index in [1.54, 1.807) is 0 Å². The maximum Gasteiger partial charge on any atom is 0.459 e. The smallest absolute Gasteiger partial charge is 0.459 e. The molecule has 0 saturated carbocycles. The summed E-state index contributed by atoms with van der Waals surface area (Å²) in [7, 11) is 1.07. The topological polar surface area (TPSA) is 76.4 Å². The normalized spacial score (nSPS) is 14.2. The van der Waals surface area contributed by atoms with Crippen LogP contribution in [0.2, 0.25) is 0 Å². The van der Waals surface area contributed by atoms with Crippen molar-refractivity contribution in [2.45, 2.75) is 19.0 Å². The van der Waals surface area contributed by atoms with Crippen molar-refractivity contribution in [2.75, 3.05) is 0 Å². The second kappa shape index (κ2) is 5.10. The first-order valence-electron chi connectivity index (χ1n) is 5.16. The zero-order chi connectivity index (χ0) is 15.7. The number of hydrogen-bond donors (Lipinski definition) is 2. The second-order valence-electron chi connectivity index (χ2n) is 3.89. The molecule has 0 aliphatic carbocycles. The summed E-state index contributed by atoms with van der Waals surface area (Å²) in [5, 5.41) is 12.5. The highest BCUT2D eigenvalue weighted by molar-refractivity contribution is 5.80. The van der Waals surface area contributed by atoms with Gasteiger partial charge in [-0.3, -0.25) is 0 Å². The van der Waals surface area contributed by atoms with Gasteiger partial charge in [0.2, 0.25) is 0 Å². The Morgan fingerprint density at radius 2 is 1.90 bits per heavy atom. The van der Waals surface area contributed by atoms with Crippen LogP contribution >= 0.6 is 0 Å². The highest BCUT2D eigenvalue weighted by Crippen LogP contribution is 2.48. The fraction of sp³-hybridized carbons (Fsp3) is 0.400. The highest BCUT2D eigenvalue weighted by atomic mass is 19.4. The molecular weight excluding hydrogens is 287 g/mol. The van der Waals surface area contributed by atoms with Gasteiger partial charge in [-0.2, -0.15) is 27.1 Å². The Kier molecular flexibility index (Phi) is 4.06. The average Bonchev–Trinajstić information content (AvgIpc) is 2.61. The Hall–Kier alpha value is -2.13. The van der Waals surface area contributed by atoms with E-state index >= 15 is 0 Å². The van der Waals surface area contributed by atoms with Crippen LogP contribution in [0.3, 0.4) is 0 Å². The zero-order valence-corrected chi connectivity index (χ0v) is 10.4. The Morgan fingerprint density at radius 1 is 1.35 bits per heavy atom. The maximum atomic E-state index is 13.1. The minimum absolute atomic E-state index is 0.412. The molecule has 112 valence electrons. The third kappa shape index (κ3) is 2.73. The van der Waals surface area contributed by atoms with Crippen molar-refractivity contribution >= 4 is 12.0 Å². The second-order valence-corrected chi connectivity index (χ2v) is 3.89. The fourth-order valence-electron chi connectivity index (χ4n) is 1.20. The lowest BCUT2D eigenvalue weighted by atomic mass is 10.2. The van der Waals surface area contributed by atoms with E-state index in [4.69, 9.17) is 5.73 Å². The third-order valence-electron chi connectivity index (χ3n) is 2.30. The van der Waals surface area contributed by atoms with Crippen LogP contribution in [0.4, 0.5) is 27.8 Å². The molecule has 1 aromatic rings. The van der Waals surface area contributed by atoms with Crippen LogP contribution in [0, 0.1) is 0 Å². The number of aryl methyl sites for hydroxylation is 1. The van der Waals surface area contributed by atoms with Crippen molar-refractivity contribution in [3.63, 3.8) is 0 Å². The summed E-state index contributed by atoms with van der Waals surface area (Å²) in [6.07, 6.45) is -3.64. The first-order chi connectivity index (χ1) is 9.02. The lowest BCUT2D eigenvalue weighted by Crippen LogP contribution is -2.34. The van der Waals surface area contributed by atoms with Gasteiger partial charge in [0, 0.05) is 13.3 Å². The lowest BCUT2D eigenvalue weighted by Gasteiger charge is -2.17. The van der Waals surface area contributed by atoms with Crippen molar-refractivity contribution in [1.29, 1.82) is 0 Å². The predicted octanol–water partition coefficient (Wildman–Crippen LogP) is 2.34. The van der Waals surface area contributed by atoms with E-state index in [9.17, 15) is 27.1 Å². The number of rotatable bonds is 3. The number of aliphatic imine (C=N–C) groups is 1. The van der Waals surface area contributed by atoms with Gasteiger partial charge in [-0.15, -0.1) is 0 Å². The molecular formula is C10H11F5N4O. The zero-order valence-electron chi connectivity index (χ0n) is 10.4. The fourth-order valence-corrected chi connectivity index (χ4v) is 1.20. The number of nitrogens with two attached hydrogens (primary N) is 1. The van der Waals surface area contributed by atoms with E-state index < -0.39 is 29.4 Å². The maximum absolute atomic E-state index is 13.1. The largest absolute Gasteiger partial charge is 0.503 e. The third-order valence-corrected chi connectivity index (χ3v) is 2.30. The molecule has 0 aliphatic heterocycles. The van der Waals surface area contributed by atoms with Crippen LogP contribution in [0.15, 0.2) is 16.8 Å². The molecule has 1 heterocycles. The van der Waals surface area contributed by atoms with Crippen molar-refractivity contribution < 1.29 is 27.1 Å². The van der Waals surface area contributed by atoms with Gasteiger partial charge in [0.1, 0.15) is 0 Å². The Balaban J connectivity index is 3.33. The van der Waals surface area contributed by atoms with Gasteiger partial charge in [0.05, 0.1) is 0 Å². The summed E-state index contributed by atoms with van der Waals surface area (Å²) >= 11 is 0. The SMILES string of the molecule is CC(C=Nc1c(O)c(C(F)(F)C(F)(F)F)nn1C)=CN. The van der Waals surface area contributed by atoms with E-state index in [1.807, 2.05) is 0 Å². The van der Waals surface area contributed by atoms with Gasteiger partial charge < -0.3 is 10.8 Å². The van der Waals surface area contributed by atoms with E-state index in [-0.39, 0.29) is 0 Å². The van der Waals surface area contributed by atoms with Crippen molar-refractivity contribution in [1.82, 2.24) is 9.78 Å². The minimum Gasteiger partial charge on any atom is -0.503 e. The molecule has 5 nitrogen and oxygen atoms in total. The molecule has 0 aliphatic rings. The number of alkyl halides is 5. The average molecular weight is 298 g/mol. The summed E-state index contributed by atoms with van der Waals surface area (Å²) in [4.78, 5) is 3.57. The molecule has 0 atom stereocenters. The molecule has 0 bridgehead atoms. The molecule has 0 saturated heterocycles. The van der Waals surface area contributed by atoms with E-state index in [2.05, 4.69) is 10.1 Å². The molecule has 20 heavy (non-hydrogen) atoms. The predicted molar refractivity (Wildman–Crippen MR) is 60.9 cm³/mol. The van der Waals surface area contributed by atoms with Gasteiger partial charge >= 0.3 is 12.1 Å². The van der Waals surface area contributed by atoms with Gasteiger partial charge in [-0.05, 0) is 18.7 Å². The summed E-state index contributed by atoms with van der Waals surface area (Å²) in [5.74, 6) is -7.15. The number of hydrogen-bond acceptors (Lipinski definition) is 4. The number of allylic oxidation sites excluding steroid dienone is 1. The molecule has 3 N–H and O–H groups in total. The molecule has 0 spiro atoms. The highest BCUT2D eigenvalue weighted by Gasteiger charge is 2.62. The van der Waals surface area contributed by atoms with Gasteiger partial charge in [0.15, 0.2) is 17.3 Å². The number of nitrogens with zero attached hydrogens (tertiary/aromatic N) is 3. The molecule has 0 amide bonds. The standard InChI is InChI=1S/C10H11F5N4O/c1-5(3-16)4-17-8-6(20)7(18-19(8)2)9(11,12)10(13,14)15/h3-4,20H,16H2,1-2H3. The molecule has 0 fully saturated rings. The van der Waals surface area contributed by atoms with Gasteiger partial charge in [0.25, 0.3) is 0 Å². The molecule has 1 rings (SSSR count). The minimum atomic E-state index is -5.87. The van der Waals surface area contributed by atoms with Crippen LogP contribution < -0.4 is 5.73 Å². The van der Waals surface area contributed by atoms with Crippen molar-refractivity contribution in [3.05, 3.63) is 17.5 Å². The van der Waals surface area contributed by atoms with Crippen LogP contribution in [-0.4, -0.2) is 27.3 Å². The number of aromatic nitrogens is 2. The molecule has 0 radical (unpaired) electrons. The molecule has 1 aromatic heterocycles. The van der Waals surface area contributed by atoms with Gasteiger partial charge in [-0.25, -0.2) is 9.67 Å². The summed E-state index contributed by atoms with van der Waals surface area (Å²) in [5.41, 5.74) is 3.75. The van der Waals surface area contributed by atoms with Crippen LogP contribution in [-0.2, 0) is 13.0 Å². The van der Waals surface area contributed by atoms with Crippen molar-refractivity contribution in [3.8, 4) is 5.75 Å². The molecule has 0 aromatic carbocycles. The Bertz CT molecular complexity index is 559. The summed E-state index contributed by atoms with van der Waals surface area (Å²) in [6, 6.07) is 0. The van der Waals surface area contributed by atoms with E-state index in [1.165, 1.54) is 6.92 Å². The van der Waals surface area contributed by atoms with E-state index in [0.717, 1.165) is 19.5 Å². The first-order valence-corrected chi connectivity index (χ1v) is 5.16. The summed E-state index contributed by atoms with van der Waals surface area (Å²) < 4.78 is 63.6. The van der Waals surface area contributed by atoms with Crippen LogP contribution in [0.5, 0.6) is 5.75 Å². The quantitative estimate of drug-likeness (QED) is 0.664. The lowest BCUT2D eigenvalue weighted by molar-refractivity contribution is -0.291. The van der Waals surface area contributed by atoms with Crippen molar-refractivity contribution in [2.24, 2.45) is 17.8 Å². The first kappa shape index (κ1) is 15.9. The molecule has 0 unspecified atom stereocenters. The monoisotopic (exact) mass is 298 g/mol. The number of aromatic hydroxyl groups is 1.